The summed E-state index contributed by atoms with van der Waals surface area (Å²) in [5.41, 5.74) is 7.94. The molecule has 0 spiro atoms. The first-order valence-corrected chi connectivity index (χ1v) is 6.19. The molecular formula is C13H14N2S. The number of pyridine rings is 1. The van der Waals surface area contributed by atoms with Crippen LogP contribution in [-0.4, -0.2) is 4.98 Å². The van der Waals surface area contributed by atoms with Crippen molar-refractivity contribution in [2.75, 3.05) is 0 Å². The predicted octanol–water partition coefficient (Wildman–Crippen LogP) is 2.83. The van der Waals surface area contributed by atoms with Gasteiger partial charge in [0.05, 0.1) is 5.69 Å². The van der Waals surface area contributed by atoms with E-state index in [1.807, 2.05) is 12.1 Å². The zero-order valence-corrected chi connectivity index (χ0v) is 9.78. The Bertz CT molecular complexity index is 443. The molecule has 0 saturated heterocycles. The Morgan fingerprint density at radius 1 is 1.06 bits per heavy atom. The summed E-state index contributed by atoms with van der Waals surface area (Å²) in [6.45, 7) is 0.498. The third kappa shape index (κ3) is 2.84. The molecule has 2 N–H and O–H groups in total. The second-order valence-corrected chi connectivity index (χ2v) is 4.44. The molecule has 0 fully saturated rings. The third-order valence-electron chi connectivity index (χ3n) is 2.28. The highest BCUT2D eigenvalue weighted by atomic mass is 32.2. The normalized spacial score (nSPS) is 10.3. The Morgan fingerprint density at radius 2 is 1.88 bits per heavy atom. The predicted molar refractivity (Wildman–Crippen MR) is 68.1 cm³/mol. The lowest BCUT2D eigenvalue weighted by Gasteiger charge is -2.05. The molecule has 0 bridgehead atoms. The van der Waals surface area contributed by atoms with Gasteiger partial charge in [-0.3, -0.25) is 4.98 Å². The van der Waals surface area contributed by atoms with Gasteiger partial charge in [0.1, 0.15) is 0 Å². The average molecular weight is 230 g/mol. The molecule has 0 atom stereocenters. The highest BCUT2D eigenvalue weighted by Crippen LogP contribution is 2.24. The quantitative estimate of drug-likeness (QED) is 0.821. The van der Waals surface area contributed by atoms with E-state index in [9.17, 15) is 0 Å². The monoisotopic (exact) mass is 230 g/mol. The zero-order valence-electron chi connectivity index (χ0n) is 8.97. The van der Waals surface area contributed by atoms with Gasteiger partial charge in [-0.1, -0.05) is 30.3 Å². The molecule has 3 heteroatoms. The van der Waals surface area contributed by atoms with Crippen molar-refractivity contribution in [3.8, 4) is 0 Å². The van der Waals surface area contributed by atoms with Crippen LogP contribution in [0.15, 0.2) is 53.6 Å². The first kappa shape index (κ1) is 11.2. The van der Waals surface area contributed by atoms with E-state index < -0.39 is 0 Å². The topological polar surface area (TPSA) is 38.9 Å². The number of thioether (sulfide) groups is 1. The van der Waals surface area contributed by atoms with Gasteiger partial charge in [0, 0.05) is 23.4 Å². The molecule has 82 valence electrons. The van der Waals surface area contributed by atoms with Gasteiger partial charge in [0.25, 0.3) is 0 Å². The Balaban J connectivity index is 2.05. The van der Waals surface area contributed by atoms with Crippen molar-refractivity contribution in [2.24, 2.45) is 5.73 Å². The fraction of sp³-hybridized carbons (Fsp3) is 0.154. The minimum Gasteiger partial charge on any atom is -0.325 e. The van der Waals surface area contributed by atoms with Crippen LogP contribution in [-0.2, 0) is 12.3 Å². The Morgan fingerprint density at radius 3 is 2.62 bits per heavy atom. The van der Waals surface area contributed by atoms with Crippen LogP contribution in [0, 0.1) is 0 Å². The number of benzene rings is 1. The maximum Gasteiger partial charge on any atom is 0.0675 e. The van der Waals surface area contributed by atoms with E-state index in [2.05, 4.69) is 35.3 Å². The third-order valence-corrected chi connectivity index (χ3v) is 3.44. The van der Waals surface area contributed by atoms with E-state index in [0.29, 0.717) is 6.54 Å². The fourth-order valence-corrected chi connectivity index (χ4v) is 2.44. The van der Waals surface area contributed by atoms with Crippen LogP contribution in [0.25, 0.3) is 0 Å². The summed E-state index contributed by atoms with van der Waals surface area (Å²) >= 11 is 1.78. The molecule has 1 aromatic carbocycles. The van der Waals surface area contributed by atoms with Gasteiger partial charge < -0.3 is 5.73 Å². The lowest BCUT2D eigenvalue weighted by Crippen LogP contribution is -2.00. The lowest BCUT2D eigenvalue weighted by molar-refractivity contribution is 0.943. The maximum atomic E-state index is 5.64. The standard InChI is InChI=1S/C13H14N2S/c14-9-12-13(7-4-8-15-12)16-10-11-5-2-1-3-6-11/h1-8H,9-10,14H2. The number of aromatic nitrogens is 1. The van der Waals surface area contributed by atoms with Crippen molar-refractivity contribution in [3.63, 3.8) is 0 Å². The number of nitrogens with zero attached hydrogens (tertiary/aromatic N) is 1. The Labute approximate surface area is 99.9 Å². The highest BCUT2D eigenvalue weighted by Gasteiger charge is 2.02. The number of rotatable bonds is 4. The van der Waals surface area contributed by atoms with Gasteiger partial charge in [-0.15, -0.1) is 11.8 Å². The molecule has 2 nitrogen and oxygen atoms in total. The van der Waals surface area contributed by atoms with E-state index in [1.54, 1.807) is 18.0 Å². The second-order valence-electron chi connectivity index (χ2n) is 3.43. The summed E-state index contributed by atoms with van der Waals surface area (Å²) in [4.78, 5) is 5.44. The first-order chi connectivity index (χ1) is 7.90. The Hall–Kier alpha value is -1.32. The van der Waals surface area contributed by atoms with Crippen LogP contribution in [0.2, 0.25) is 0 Å². The molecule has 1 heterocycles. The summed E-state index contributed by atoms with van der Waals surface area (Å²) < 4.78 is 0. The molecule has 0 radical (unpaired) electrons. The first-order valence-electron chi connectivity index (χ1n) is 5.21. The molecule has 0 unspecified atom stereocenters. The number of hydrogen-bond acceptors (Lipinski definition) is 3. The highest BCUT2D eigenvalue weighted by molar-refractivity contribution is 7.98. The molecular weight excluding hydrogens is 216 g/mol. The summed E-state index contributed by atoms with van der Waals surface area (Å²) in [7, 11) is 0. The molecule has 0 aliphatic rings. The maximum absolute atomic E-state index is 5.64. The summed E-state index contributed by atoms with van der Waals surface area (Å²) in [5.74, 6) is 0.958. The molecule has 2 aromatic rings. The molecule has 0 amide bonds. The molecule has 0 saturated carbocycles. The van der Waals surface area contributed by atoms with Gasteiger partial charge in [0.15, 0.2) is 0 Å². The molecule has 1 aromatic heterocycles. The van der Waals surface area contributed by atoms with Gasteiger partial charge in [0.2, 0.25) is 0 Å². The van der Waals surface area contributed by atoms with Crippen molar-refractivity contribution in [3.05, 3.63) is 59.9 Å². The average Bonchev–Trinajstić information content (AvgIpc) is 2.38. The molecule has 0 aliphatic heterocycles. The summed E-state index contributed by atoms with van der Waals surface area (Å²) in [6, 6.07) is 14.4. The van der Waals surface area contributed by atoms with Crippen molar-refractivity contribution in [1.82, 2.24) is 4.98 Å². The zero-order chi connectivity index (χ0) is 11.2. The van der Waals surface area contributed by atoms with Crippen LogP contribution in [0.4, 0.5) is 0 Å². The van der Waals surface area contributed by atoms with Gasteiger partial charge >= 0.3 is 0 Å². The van der Waals surface area contributed by atoms with E-state index >= 15 is 0 Å². The largest absolute Gasteiger partial charge is 0.325 e. The fourth-order valence-electron chi connectivity index (χ4n) is 1.44. The summed E-state index contributed by atoms with van der Waals surface area (Å²) in [6.07, 6.45) is 1.79. The van der Waals surface area contributed by atoms with Gasteiger partial charge in [-0.2, -0.15) is 0 Å². The van der Waals surface area contributed by atoms with Gasteiger partial charge in [-0.25, -0.2) is 0 Å². The van der Waals surface area contributed by atoms with E-state index in [-0.39, 0.29) is 0 Å². The van der Waals surface area contributed by atoms with E-state index in [1.165, 1.54) is 10.5 Å². The van der Waals surface area contributed by atoms with Crippen molar-refractivity contribution >= 4 is 11.8 Å². The molecule has 0 aliphatic carbocycles. The van der Waals surface area contributed by atoms with Crippen LogP contribution in [0.1, 0.15) is 11.3 Å². The van der Waals surface area contributed by atoms with E-state index in [4.69, 9.17) is 5.73 Å². The minimum atomic E-state index is 0.498. The number of nitrogens with two attached hydrogens (primary N) is 1. The summed E-state index contributed by atoms with van der Waals surface area (Å²) in [5, 5.41) is 0. The molecule has 2 rings (SSSR count). The Kier molecular flexibility index (Phi) is 3.97. The van der Waals surface area contributed by atoms with Crippen molar-refractivity contribution in [1.29, 1.82) is 0 Å². The minimum absolute atomic E-state index is 0.498. The second kappa shape index (κ2) is 5.68. The van der Waals surface area contributed by atoms with Crippen molar-refractivity contribution < 1.29 is 0 Å². The van der Waals surface area contributed by atoms with Crippen molar-refractivity contribution in [2.45, 2.75) is 17.2 Å². The van der Waals surface area contributed by atoms with Crippen LogP contribution in [0.3, 0.4) is 0 Å². The van der Waals surface area contributed by atoms with Gasteiger partial charge in [-0.05, 0) is 17.7 Å². The smallest absolute Gasteiger partial charge is 0.0675 e. The molecule has 16 heavy (non-hydrogen) atoms. The van der Waals surface area contributed by atoms with Crippen LogP contribution < -0.4 is 5.73 Å². The lowest BCUT2D eigenvalue weighted by atomic mass is 10.2. The van der Waals surface area contributed by atoms with Crippen LogP contribution >= 0.6 is 11.8 Å². The van der Waals surface area contributed by atoms with E-state index in [0.717, 1.165) is 11.4 Å². The SMILES string of the molecule is NCc1ncccc1SCc1ccccc1. The van der Waals surface area contributed by atoms with Crippen LogP contribution in [0.5, 0.6) is 0 Å². The number of hydrogen-bond donors (Lipinski definition) is 1.